The van der Waals surface area contributed by atoms with E-state index in [9.17, 15) is 0 Å². The van der Waals surface area contributed by atoms with Crippen molar-refractivity contribution in [2.24, 2.45) is 0 Å². The Balaban J connectivity index is 0. The van der Waals surface area contributed by atoms with Crippen molar-refractivity contribution in [2.45, 2.75) is 0 Å². The Kier molecular flexibility index (Phi) is 22.4. The molecular weight excluding hydrogens is 383 g/mol. The van der Waals surface area contributed by atoms with Crippen LogP contribution in [-0.4, -0.2) is 0 Å². The minimum atomic E-state index is 0. The Morgan fingerprint density at radius 1 is 1.25 bits per heavy atom. The van der Waals surface area contributed by atoms with Crippen LogP contribution in [0.4, 0.5) is 0 Å². The molecule has 0 aliphatic heterocycles. The van der Waals surface area contributed by atoms with Gasteiger partial charge in [-0.1, -0.05) is 0 Å². The normalized spacial score (nSPS) is 2.50. The first kappa shape index (κ1) is 9.78. The molecule has 0 amide bonds. The molecule has 0 saturated carbocycles. The summed E-state index contributed by atoms with van der Waals surface area (Å²) in [5.74, 6) is 0. The van der Waals surface area contributed by atoms with Gasteiger partial charge in [0, 0.05) is 17.1 Å². The maximum atomic E-state index is 2.46. The van der Waals surface area contributed by atoms with Crippen LogP contribution in [0.25, 0.3) is 0 Å². The van der Waals surface area contributed by atoms with Crippen LogP contribution < -0.4 is 0 Å². The van der Waals surface area contributed by atoms with Gasteiger partial charge in [0.2, 0.25) is 0 Å². The molecule has 0 fully saturated rings. The van der Waals surface area contributed by atoms with Gasteiger partial charge in [-0.3, -0.25) is 0 Å². The maximum absolute atomic E-state index is 2.46. The summed E-state index contributed by atoms with van der Waals surface area (Å²) < 4.78 is 0. The summed E-state index contributed by atoms with van der Waals surface area (Å²) in [6, 6.07) is 0. The van der Waals surface area contributed by atoms with E-state index < -0.39 is 0 Å². The fraction of sp³-hybridized carbons (Fsp3) is 0. The third-order valence-electron chi connectivity index (χ3n) is 0. The molecule has 0 aliphatic rings. The van der Waals surface area contributed by atoms with Crippen LogP contribution >= 0.6 is 39.5 Å². The molecule has 0 unspecified atom stereocenters. The van der Waals surface area contributed by atoms with Crippen LogP contribution in [-0.2, 0) is 27.2 Å². The zero-order chi connectivity index (χ0) is 2.71. The van der Waals surface area contributed by atoms with E-state index in [1.807, 2.05) is 0 Å². The van der Waals surface area contributed by atoms with Gasteiger partial charge in [-0.15, -0.1) is 0 Å². The number of hydrogen-bond donors (Lipinski definition) is 0. The van der Waals surface area contributed by atoms with Gasteiger partial charge < -0.3 is 0 Å². The molecule has 0 bridgehead atoms. The molecule has 0 aliphatic carbocycles. The average Bonchev–Trinajstić information content (AvgIpc) is 0.918. The van der Waals surface area contributed by atoms with E-state index >= 15 is 0 Å². The van der Waals surface area contributed by atoms with E-state index in [1.165, 1.54) is 0 Å². The summed E-state index contributed by atoms with van der Waals surface area (Å²) in [5, 5.41) is 0. The molecular formula is CuI2Zn. The van der Waals surface area contributed by atoms with Crippen molar-refractivity contribution in [3.05, 3.63) is 0 Å². The van der Waals surface area contributed by atoms with Crippen LogP contribution in [0.5, 0.6) is 0 Å². The fourth-order valence-corrected chi connectivity index (χ4v) is 0. The van der Waals surface area contributed by atoms with Gasteiger partial charge in [0.15, 0.2) is 0 Å². The quantitative estimate of drug-likeness (QED) is 0.442. The van der Waals surface area contributed by atoms with E-state index in [-0.39, 0.29) is 27.2 Å². The second-order valence-corrected chi connectivity index (χ2v) is 23.6. The third kappa shape index (κ3) is 8.82. The summed E-state index contributed by atoms with van der Waals surface area (Å²) in [5.41, 5.74) is 0. The summed E-state index contributed by atoms with van der Waals surface area (Å²) in [6.45, 7) is 0. The zero-order valence-corrected chi connectivity index (χ0v) is 9.99. The molecule has 0 saturated heterocycles. The standard InChI is InChI=1S/Cu.2HI.Zn/h;2*1H;/q;;;+2/p-2. The summed E-state index contributed by atoms with van der Waals surface area (Å²) >= 11 is 4.93. The van der Waals surface area contributed by atoms with E-state index in [2.05, 4.69) is 39.5 Å². The monoisotopic (exact) mass is 381 g/mol. The van der Waals surface area contributed by atoms with Crippen molar-refractivity contribution >= 4 is 39.5 Å². The number of hydrogen-bond acceptors (Lipinski definition) is 0. The van der Waals surface area contributed by atoms with Gasteiger partial charge in [0.05, 0.1) is 0 Å². The Bertz CT molecular complexity index is 6.00. The molecule has 0 heterocycles. The van der Waals surface area contributed by atoms with Crippen LogP contribution in [0, 0.1) is 0 Å². The van der Waals surface area contributed by atoms with E-state index in [1.54, 1.807) is 0 Å². The van der Waals surface area contributed by atoms with Crippen molar-refractivity contribution in [1.82, 2.24) is 0 Å². The van der Waals surface area contributed by atoms with Crippen LogP contribution in [0.15, 0.2) is 0 Å². The van der Waals surface area contributed by atoms with Gasteiger partial charge in [0.25, 0.3) is 0 Å². The molecule has 1 radical (unpaired) electrons. The molecule has 0 N–H and O–H groups in total. The average molecular weight is 383 g/mol. The van der Waals surface area contributed by atoms with Gasteiger partial charge in [0.1, 0.15) is 0 Å². The predicted octanol–water partition coefficient (Wildman–Crippen LogP) is 1.77. The molecule has 27 valence electrons. The van der Waals surface area contributed by atoms with Crippen molar-refractivity contribution in [3.63, 3.8) is 0 Å². The molecule has 0 nitrogen and oxygen atoms in total. The molecule has 0 aromatic rings. The first-order chi connectivity index (χ1) is 1.41. The van der Waals surface area contributed by atoms with Crippen LogP contribution in [0.2, 0.25) is 0 Å². The van der Waals surface area contributed by atoms with Gasteiger partial charge in [-0.25, -0.2) is 0 Å². The Labute approximate surface area is 65.3 Å². The molecule has 0 aromatic heterocycles. The second-order valence-electron chi connectivity index (χ2n) is 0.101. The molecule has 0 spiro atoms. The number of rotatable bonds is 0. The van der Waals surface area contributed by atoms with E-state index in [0.717, 1.165) is 0 Å². The van der Waals surface area contributed by atoms with Crippen molar-refractivity contribution in [2.75, 3.05) is 0 Å². The van der Waals surface area contributed by atoms with Gasteiger partial charge >= 0.3 is 49.6 Å². The Hall–Kier alpha value is 2.60. The zero-order valence-electron chi connectivity index (χ0n) is 1.76. The van der Waals surface area contributed by atoms with Crippen molar-refractivity contribution < 1.29 is 27.2 Å². The van der Waals surface area contributed by atoms with Crippen LogP contribution in [0.3, 0.4) is 0 Å². The van der Waals surface area contributed by atoms with Gasteiger partial charge in [-0.2, -0.15) is 0 Å². The van der Waals surface area contributed by atoms with Crippen molar-refractivity contribution in [1.29, 1.82) is 0 Å². The first-order valence-electron chi connectivity index (χ1n) is 0.535. The molecule has 4 heteroatoms. The molecule has 4 heavy (non-hydrogen) atoms. The molecule has 0 rings (SSSR count). The fourth-order valence-electron chi connectivity index (χ4n) is 0. The summed E-state index contributed by atoms with van der Waals surface area (Å²) in [4.78, 5) is 0. The summed E-state index contributed by atoms with van der Waals surface area (Å²) in [6.07, 6.45) is 0. The SMILES string of the molecule is [Cu].[I][Zn][I]. The Morgan fingerprint density at radius 3 is 1.25 bits per heavy atom. The molecule has 0 atom stereocenters. The van der Waals surface area contributed by atoms with E-state index in [4.69, 9.17) is 0 Å². The predicted molar refractivity (Wildman–Crippen MR) is 28.0 cm³/mol. The first-order valence-corrected chi connectivity index (χ1v) is 18.6. The molecule has 0 aromatic carbocycles. The topological polar surface area (TPSA) is 0 Å². The third-order valence-corrected chi connectivity index (χ3v) is 0. The van der Waals surface area contributed by atoms with Crippen LogP contribution in [0.1, 0.15) is 0 Å². The summed E-state index contributed by atoms with van der Waals surface area (Å²) in [7, 11) is 0.0650. The van der Waals surface area contributed by atoms with Crippen molar-refractivity contribution in [3.8, 4) is 0 Å². The second kappa shape index (κ2) is 9.14. The number of halogens is 2. The minimum absolute atomic E-state index is 0. The van der Waals surface area contributed by atoms with E-state index in [0.29, 0.717) is 0 Å². The Morgan fingerprint density at radius 2 is 1.25 bits per heavy atom. The van der Waals surface area contributed by atoms with Gasteiger partial charge in [-0.05, 0) is 0 Å².